The number of amides is 3. The molecule has 0 saturated carbocycles. The minimum atomic E-state index is -1.94. The number of halogens is 1. The lowest BCUT2D eigenvalue weighted by Crippen LogP contribution is -2.59. The molecule has 0 aliphatic carbocycles. The van der Waals surface area contributed by atoms with Crippen LogP contribution in [-0.4, -0.2) is 62.2 Å². The van der Waals surface area contributed by atoms with Gasteiger partial charge in [-0.05, 0) is 48.5 Å². The van der Waals surface area contributed by atoms with Crippen LogP contribution in [0.2, 0.25) is 18.1 Å². The number of nitrogens with zero attached hydrogens (tertiary/aromatic N) is 3. The van der Waals surface area contributed by atoms with Crippen LogP contribution in [0.3, 0.4) is 0 Å². The Morgan fingerprint density at radius 3 is 2.43 bits per heavy atom. The van der Waals surface area contributed by atoms with Gasteiger partial charge in [0.15, 0.2) is 19.9 Å². The highest BCUT2D eigenvalue weighted by Gasteiger charge is 2.43. The number of hydrogen-bond acceptors (Lipinski definition) is 8. The molecule has 1 aliphatic rings. The first-order valence-electron chi connectivity index (χ1n) is 14.8. The summed E-state index contributed by atoms with van der Waals surface area (Å²) in [5.41, 5.74) is 6.31. The van der Waals surface area contributed by atoms with Crippen LogP contribution < -0.4 is 20.1 Å². The fraction of sp³-hybridized carbons (Fsp3) is 0.333. The molecular formula is C33H37FN4O6SSi. The lowest BCUT2D eigenvalue weighted by molar-refractivity contribution is -0.125. The van der Waals surface area contributed by atoms with Gasteiger partial charge in [-0.3, -0.25) is 24.3 Å². The van der Waals surface area contributed by atoms with Crippen molar-refractivity contribution in [2.45, 2.75) is 51.4 Å². The van der Waals surface area contributed by atoms with E-state index in [1.54, 1.807) is 41.3 Å². The number of fused-ring (bicyclic) bond motifs is 1. The van der Waals surface area contributed by atoms with Crippen molar-refractivity contribution in [3.63, 3.8) is 0 Å². The number of para-hydroxylation sites is 2. The Hall–Kier alpha value is -4.33. The molecule has 1 aliphatic heterocycles. The molecule has 0 bridgehead atoms. The van der Waals surface area contributed by atoms with Gasteiger partial charge in [-0.1, -0.05) is 32.9 Å². The minimum Gasteiger partial charge on any atom is -0.495 e. The molecule has 242 valence electrons. The quantitative estimate of drug-likeness (QED) is 0.149. The zero-order chi connectivity index (χ0) is 33.4. The van der Waals surface area contributed by atoms with E-state index in [1.165, 1.54) is 41.7 Å². The number of pyridine rings is 1. The average molecular weight is 665 g/mol. The summed E-state index contributed by atoms with van der Waals surface area (Å²) in [7, 11) is -0.496. The third-order valence-electron chi connectivity index (χ3n) is 8.28. The number of carbonyl (C=O) groups excluding carboxylic acids is 3. The second-order valence-corrected chi connectivity index (χ2v) is 18.4. The Morgan fingerprint density at radius 1 is 1.07 bits per heavy atom. The van der Waals surface area contributed by atoms with Crippen molar-refractivity contribution >= 4 is 59.0 Å². The second kappa shape index (κ2) is 12.8. The maximum absolute atomic E-state index is 15.6. The highest BCUT2D eigenvalue weighted by molar-refractivity contribution is 7.21. The van der Waals surface area contributed by atoms with Gasteiger partial charge in [0, 0.05) is 31.4 Å². The number of rotatable bonds is 10. The first-order chi connectivity index (χ1) is 21.7. The van der Waals surface area contributed by atoms with Gasteiger partial charge >= 0.3 is 0 Å². The average Bonchev–Trinajstić information content (AvgIpc) is 3.41. The van der Waals surface area contributed by atoms with E-state index in [4.69, 9.17) is 19.6 Å². The Kier molecular flexibility index (Phi) is 9.20. The number of methoxy groups -OCH3 is 1. The van der Waals surface area contributed by atoms with E-state index in [0.717, 1.165) is 6.07 Å². The smallest absolute Gasteiger partial charge is 0.264 e. The van der Waals surface area contributed by atoms with Gasteiger partial charge in [0.2, 0.25) is 11.8 Å². The fourth-order valence-corrected chi connectivity index (χ4v) is 7.19. The van der Waals surface area contributed by atoms with Crippen molar-refractivity contribution in [1.29, 1.82) is 0 Å². The predicted octanol–water partition coefficient (Wildman–Crippen LogP) is 6.62. The van der Waals surface area contributed by atoms with Gasteiger partial charge < -0.3 is 24.5 Å². The van der Waals surface area contributed by atoms with Crippen LogP contribution in [0.15, 0.2) is 60.8 Å². The summed E-state index contributed by atoms with van der Waals surface area (Å²) >= 11 is 1.23. The number of anilines is 2. The van der Waals surface area contributed by atoms with Gasteiger partial charge in [-0.25, -0.2) is 4.39 Å². The Bertz CT molecular complexity index is 1800. The molecule has 1 saturated heterocycles. The molecule has 3 heterocycles. The maximum Gasteiger partial charge on any atom is 0.264 e. The van der Waals surface area contributed by atoms with E-state index < -0.39 is 32.4 Å². The summed E-state index contributed by atoms with van der Waals surface area (Å²) < 4.78 is 34.0. The topological polar surface area (TPSA) is 124 Å². The number of carbonyl (C=O) groups is 3. The third kappa shape index (κ3) is 6.76. The van der Waals surface area contributed by atoms with Crippen molar-refractivity contribution in [1.82, 2.24) is 9.88 Å². The molecule has 0 atom stereocenters. The summed E-state index contributed by atoms with van der Waals surface area (Å²) in [6.45, 7) is 12.0. The van der Waals surface area contributed by atoms with E-state index in [1.807, 2.05) is 0 Å². The molecule has 5 rings (SSSR count). The largest absolute Gasteiger partial charge is 0.495 e. The molecular weight excluding hydrogens is 628 g/mol. The van der Waals surface area contributed by atoms with Crippen LogP contribution in [0.25, 0.3) is 10.2 Å². The summed E-state index contributed by atoms with van der Waals surface area (Å²) in [4.78, 5) is 45.8. The highest BCUT2D eigenvalue weighted by atomic mass is 32.1. The molecule has 46 heavy (non-hydrogen) atoms. The third-order valence-corrected chi connectivity index (χ3v) is 13.9. The molecule has 3 amide bonds. The van der Waals surface area contributed by atoms with Crippen LogP contribution in [0.5, 0.6) is 17.2 Å². The van der Waals surface area contributed by atoms with Crippen molar-refractivity contribution in [3.05, 3.63) is 71.5 Å². The standard InChI is InChI=1S/C33H37FN4O6SSi/c1-33(2,3)46(5,6)44-21-18-37(19-21)32(41)28-16-23-31(45-28)27(13-14-36-23)43-25-12-11-20(15-22(25)34)38(30(40)17-29(35)39)24-9-7-8-10-26(24)42-4/h7-16,21H,17-19H2,1-6H3,(H2,35,39). The van der Waals surface area contributed by atoms with E-state index in [-0.39, 0.29) is 28.5 Å². The van der Waals surface area contributed by atoms with E-state index in [9.17, 15) is 14.4 Å². The van der Waals surface area contributed by atoms with Gasteiger partial charge in [0.05, 0.1) is 39.7 Å². The molecule has 4 aromatic rings. The predicted molar refractivity (Wildman–Crippen MR) is 178 cm³/mol. The van der Waals surface area contributed by atoms with Crippen molar-refractivity contribution < 1.29 is 32.7 Å². The number of primary amides is 1. The van der Waals surface area contributed by atoms with Crippen molar-refractivity contribution in [3.8, 4) is 17.2 Å². The molecule has 1 fully saturated rings. The Labute approximate surface area is 272 Å². The van der Waals surface area contributed by atoms with E-state index in [0.29, 0.717) is 45.4 Å². The van der Waals surface area contributed by atoms with E-state index >= 15 is 4.39 Å². The molecule has 0 unspecified atom stereocenters. The molecule has 2 N–H and O–H groups in total. The maximum atomic E-state index is 15.6. The Balaban J connectivity index is 1.35. The first-order valence-corrected chi connectivity index (χ1v) is 18.5. The van der Waals surface area contributed by atoms with Gasteiger partial charge in [-0.2, -0.15) is 0 Å². The van der Waals surface area contributed by atoms with Gasteiger partial charge in [0.25, 0.3) is 5.91 Å². The fourth-order valence-electron chi connectivity index (χ4n) is 4.82. The van der Waals surface area contributed by atoms with Crippen molar-refractivity contribution in [2.24, 2.45) is 5.73 Å². The zero-order valence-electron chi connectivity index (χ0n) is 26.6. The molecule has 2 aromatic heterocycles. The number of ether oxygens (including phenoxy) is 2. The highest BCUT2D eigenvalue weighted by Crippen LogP contribution is 2.41. The van der Waals surface area contributed by atoms with Crippen LogP contribution in [0.1, 0.15) is 36.9 Å². The number of likely N-dealkylation sites (tertiary alicyclic amines) is 1. The Morgan fingerprint density at radius 2 is 1.78 bits per heavy atom. The molecule has 0 spiro atoms. The summed E-state index contributed by atoms with van der Waals surface area (Å²) in [6.07, 6.45) is 0.963. The molecule has 13 heteroatoms. The lowest BCUT2D eigenvalue weighted by Gasteiger charge is -2.46. The second-order valence-electron chi connectivity index (χ2n) is 12.6. The van der Waals surface area contributed by atoms with Crippen LogP contribution in [0, 0.1) is 5.82 Å². The SMILES string of the molecule is COc1ccccc1N(C(=O)CC(N)=O)c1ccc(Oc2ccnc3cc(C(=O)N4CC(O[Si](C)(C)C(C)(C)C)C4)sc23)c(F)c1. The minimum absolute atomic E-state index is 0.0205. The lowest BCUT2D eigenvalue weighted by atomic mass is 10.1. The molecule has 10 nitrogen and oxygen atoms in total. The van der Waals surface area contributed by atoms with Gasteiger partial charge in [-0.15, -0.1) is 11.3 Å². The number of thiophene rings is 1. The number of hydrogen-bond donors (Lipinski definition) is 1. The first kappa shape index (κ1) is 33.0. The van der Waals surface area contributed by atoms with E-state index in [2.05, 4.69) is 38.8 Å². The number of aromatic nitrogens is 1. The van der Waals surface area contributed by atoms with Crippen LogP contribution in [-0.2, 0) is 14.0 Å². The van der Waals surface area contributed by atoms with Crippen LogP contribution >= 0.6 is 11.3 Å². The number of benzene rings is 2. The van der Waals surface area contributed by atoms with Crippen molar-refractivity contribution in [2.75, 3.05) is 25.1 Å². The van der Waals surface area contributed by atoms with Gasteiger partial charge in [0.1, 0.15) is 17.9 Å². The van der Waals surface area contributed by atoms with Crippen LogP contribution in [0.4, 0.5) is 15.8 Å². The summed E-state index contributed by atoms with van der Waals surface area (Å²) in [5, 5.41) is 0.0853. The summed E-state index contributed by atoms with van der Waals surface area (Å²) in [5.74, 6) is -1.78. The molecule has 0 radical (unpaired) electrons. The summed E-state index contributed by atoms with van der Waals surface area (Å²) in [6, 6.07) is 14.0. The molecule has 2 aromatic carbocycles. The monoisotopic (exact) mass is 664 g/mol. The number of nitrogens with two attached hydrogens (primary N) is 1. The normalized spacial score (nSPS) is 13.8. The zero-order valence-corrected chi connectivity index (χ0v) is 28.4.